The smallest absolute Gasteiger partial charge is 0.224 e. The lowest BCUT2D eigenvalue weighted by Crippen LogP contribution is -2.11. The highest BCUT2D eigenvalue weighted by atomic mass is 79.9. The van der Waals surface area contributed by atoms with E-state index in [-0.39, 0.29) is 5.91 Å². The van der Waals surface area contributed by atoms with Crippen LogP contribution in [0, 0.1) is 6.92 Å². The van der Waals surface area contributed by atoms with E-state index in [9.17, 15) is 4.79 Å². The number of anilines is 3. The number of benzene rings is 1. The Kier molecular flexibility index (Phi) is 5.95. The summed E-state index contributed by atoms with van der Waals surface area (Å²) >= 11 is 3.53. The first-order valence-electron chi connectivity index (χ1n) is 7.37. The van der Waals surface area contributed by atoms with Crippen LogP contribution in [0.2, 0.25) is 0 Å². The van der Waals surface area contributed by atoms with Crippen molar-refractivity contribution in [1.29, 1.82) is 0 Å². The number of aryl methyl sites for hydroxylation is 1. The van der Waals surface area contributed by atoms with Crippen LogP contribution in [0.4, 0.5) is 17.2 Å². The van der Waals surface area contributed by atoms with Crippen LogP contribution < -0.4 is 10.6 Å². The van der Waals surface area contributed by atoms with E-state index in [1.165, 1.54) is 5.56 Å². The summed E-state index contributed by atoms with van der Waals surface area (Å²) in [5.41, 5.74) is 2.86. The fraction of sp³-hybridized carbons (Fsp3) is 0.294. The van der Waals surface area contributed by atoms with Crippen molar-refractivity contribution in [3.63, 3.8) is 0 Å². The molecule has 116 valence electrons. The number of nitrogens with one attached hydrogen (secondary N) is 2. The first-order chi connectivity index (χ1) is 10.6. The monoisotopic (exact) mass is 361 g/mol. The number of aromatic nitrogens is 1. The number of amides is 1. The second-order valence-electron chi connectivity index (χ2n) is 5.19. The van der Waals surface area contributed by atoms with Crippen LogP contribution in [0.3, 0.4) is 0 Å². The molecule has 0 aliphatic rings. The summed E-state index contributed by atoms with van der Waals surface area (Å²) in [7, 11) is 0. The predicted molar refractivity (Wildman–Crippen MR) is 94.6 cm³/mol. The molecule has 2 N–H and O–H groups in total. The van der Waals surface area contributed by atoms with E-state index in [2.05, 4.69) is 38.5 Å². The highest BCUT2D eigenvalue weighted by Crippen LogP contribution is 2.26. The number of nitrogens with zero attached hydrogens (tertiary/aromatic N) is 1. The van der Waals surface area contributed by atoms with Crippen LogP contribution in [-0.4, -0.2) is 10.9 Å². The van der Waals surface area contributed by atoms with E-state index in [4.69, 9.17) is 0 Å². The largest absolute Gasteiger partial charge is 0.339 e. The average Bonchev–Trinajstić information content (AvgIpc) is 2.50. The number of unbranched alkanes of at least 4 members (excludes halogenated alkanes) is 1. The number of carbonyl (C=O) groups is 1. The Bertz CT molecular complexity index is 641. The van der Waals surface area contributed by atoms with Gasteiger partial charge < -0.3 is 10.6 Å². The Morgan fingerprint density at radius 1 is 1.27 bits per heavy atom. The minimum absolute atomic E-state index is 0.0330. The first-order valence-corrected chi connectivity index (χ1v) is 8.17. The van der Waals surface area contributed by atoms with Gasteiger partial charge in [-0.05, 0) is 59.1 Å². The Labute approximate surface area is 139 Å². The van der Waals surface area contributed by atoms with Crippen LogP contribution in [0.1, 0.15) is 31.7 Å². The van der Waals surface area contributed by atoms with Crippen molar-refractivity contribution < 1.29 is 4.79 Å². The van der Waals surface area contributed by atoms with Gasteiger partial charge in [-0.1, -0.05) is 19.4 Å². The molecule has 1 aromatic heterocycles. The Morgan fingerprint density at radius 2 is 2.09 bits per heavy atom. The van der Waals surface area contributed by atoms with Crippen molar-refractivity contribution >= 4 is 39.0 Å². The fourth-order valence-corrected chi connectivity index (χ4v) is 2.55. The minimum Gasteiger partial charge on any atom is -0.339 e. The summed E-state index contributed by atoms with van der Waals surface area (Å²) in [6.07, 6.45) is 4.13. The topological polar surface area (TPSA) is 54.0 Å². The molecule has 0 spiro atoms. The van der Waals surface area contributed by atoms with E-state index in [0.29, 0.717) is 6.42 Å². The molecule has 1 amide bonds. The third-order valence-electron chi connectivity index (χ3n) is 3.19. The van der Waals surface area contributed by atoms with Gasteiger partial charge in [-0.25, -0.2) is 4.98 Å². The third kappa shape index (κ3) is 4.84. The van der Waals surface area contributed by atoms with Gasteiger partial charge in [0.25, 0.3) is 0 Å². The quantitative estimate of drug-likeness (QED) is 0.758. The molecule has 4 nitrogen and oxygen atoms in total. The zero-order valence-corrected chi connectivity index (χ0v) is 14.4. The van der Waals surface area contributed by atoms with Gasteiger partial charge in [-0.2, -0.15) is 0 Å². The van der Waals surface area contributed by atoms with E-state index in [1.807, 2.05) is 37.3 Å². The molecule has 0 aliphatic carbocycles. The molecule has 0 unspecified atom stereocenters. The van der Waals surface area contributed by atoms with E-state index in [1.54, 1.807) is 6.20 Å². The van der Waals surface area contributed by atoms with Crippen molar-refractivity contribution in [2.45, 2.75) is 33.1 Å². The molecule has 22 heavy (non-hydrogen) atoms. The normalized spacial score (nSPS) is 10.3. The molecular weight excluding hydrogens is 342 g/mol. The van der Waals surface area contributed by atoms with Crippen molar-refractivity contribution in [1.82, 2.24) is 4.98 Å². The van der Waals surface area contributed by atoms with Crippen molar-refractivity contribution in [2.75, 3.05) is 10.6 Å². The van der Waals surface area contributed by atoms with Gasteiger partial charge in [0.05, 0.1) is 17.6 Å². The van der Waals surface area contributed by atoms with Gasteiger partial charge in [-0.15, -0.1) is 0 Å². The van der Waals surface area contributed by atoms with Gasteiger partial charge in [0.2, 0.25) is 5.91 Å². The Hall–Kier alpha value is -1.88. The SMILES string of the molecule is CCCCC(=O)Nc1ccc(Nc2ccc(C)cc2Br)nc1. The summed E-state index contributed by atoms with van der Waals surface area (Å²) in [5, 5.41) is 6.09. The van der Waals surface area contributed by atoms with Crippen LogP contribution in [0.5, 0.6) is 0 Å². The van der Waals surface area contributed by atoms with Crippen LogP contribution in [0.25, 0.3) is 0 Å². The summed E-state index contributed by atoms with van der Waals surface area (Å²) in [6.45, 7) is 4.11. The highest BCUT2D eigenvalue weighted by molar-refractivity contribution is 9.10. The lowest BCUT2D eigenvalue weighted by molar-refractivity contribution is -0.116. The van der Waals surface area contributed by atoms with Gasteiger partial charge >= 0.3 is 0 Å². The number of pyridine rings is 1. The van der Waals surface area contributed by atoms with Crippen molar-refractivity contribution in [3.8, 4) is 0 Å². The molecule has 0 atom stereocenters. The lowest BCUT2D eigenvalue weighted by Gasteiger charge is -2.09. The molecule has 5 heteroatoms. The van der Waals surface area contributed by atoms with Gasteiger partial charge in [-0.3, -0.25) is 4.79 Å². The van der Waals surface area contributed by atoms with Gasteiger partial charge in [0.15, 0.2) is 0 Å². The number of rotatable bonds is 6. The number of hydrogen-bond donors (Lipinski definition) is 2. The second kappa shape index (κ2) is 7.94. The zero-order valence-electron chi connectivity index (χ0n) is 12.8. The van der Waals surface area contributed by atoms with E-state index < -0.39 is 0 Å². The van der Waals surface area contributed by atoms with Crippen LogP contribution >= 0.6 is 15.9 Å². The molecule has 0 aliphatic heterocycles. The van der Waals surface area contributed by atoms with Gasteiger partial charge in [0, 0.05) is 10.9 Å². The number of hydrogen-bond acceptors (Lipinski definition) is 3. The Balaban J connectivity index is 1.98. The van der Waals surface area contributed by atoms with E-state index in [0.717, 1.165) is 34.5 Å². The molecular formula is C17H20BrN3O. The molecule has 2 rings (SSSR count). The maximum atomic E-state index is 11.7. The average molecular weight is 362 g/mol. The molecule has 1 aromatic carbocycles. The Morgan fingerprint density at radius 3 is 2.73 bits per heavy atom. The fourth-order valence-electron chi connectivity index (χ4n) is 1.96. The molecule has 0 saturated heterocycles. The maximum Gasteiger partial charge on any atom is 0.224 e. The maximum absolute atomic E-state index is 11.7. The second-order valence-corrected chi connectivity index (χ2v) is 6.05. The number of carbonyl (C=O) groups excluding carboxylic acids is 1. The van der Waals surface area contributed by atoms with Crippen molar-refractivity contribution in [3.05, 3.63) is 46.6 Å². The summed E-state index contributed by atoms with van der Waals surface area (Å²) in [5.74, 6) is 0.766. The van der Waals surface area contributed by atoms with E-state index >= 15 is 0 Å². The van der Waals surface area contributed by atoms with Gasteiger partial charge in [0.1, 0.15) is 5.82 Å². The molecule has 0 bridgehead atoms. The molecule has 1 heterocycles. The zero-order chi connectivity index (χ0) is 15.9. The number of halogens is 1. The molecule has 2 aromatic rings. The predicted octanol–water partition coefficient (Wildman–Crippen LogP) is 5.02. The highest BCUT2D eigenvalue weighted by Gasteiger charge is 2.04. The lowest BCUT2D eigenvalue weighted by atomic mass is 10.2. The minimum atomic E-state index is 0.0330. The standard InChI is InChI=1S/C17H20BrN3O/c1-3-4-5-17(22)20-13-7-9-16(19-11-13)21-15-8-6-12(2)10-14(15)18/h6-11H,3-5H2,1-2H3,(H,19,21)(H,20,22). The third-order valence-corrected chi connectivity index (χ3v) is 3.85. The molecule has 0 radical (unpaired) electrons. The summed E-state index contributed by atoms with van der Waals surface area (Å²) in [6, 6.07) is 9.78. The molecule has 0 fully saturated rings. The summed E-state index contributed by atoms with van der Waals surface area (Å²) < 4.78 is 0.992. The first kappa shape index (κ1) is 16.5. The van der Waals surface area contributed by atoms with Crippen molar-refractivity contribution in [2.24, 2.45) is 0 Å². The summed E-state index contributed by atoms with van der Waals surface area (Å²) in [4.78, 5) is 16.0. The van der Waals surface area contributed by atoms with Crippen LogP contribution in [0.15, 0.2) is 41.0 Å². The molecule has 0 saturated carbocycles. The van der Waals surface area contributed by atoms with Crippen LogP contribution in [-0.2, 0) is 4.79 Å².